The zero-order valence-corrected chi connectivity index (χ0v) is 10.2. The Morgan fingerprint density at radius 1 is 1.22 bits per heavy atom. The maximum absolute atomic E-state index is 12.7. The molecule has 0 saturated carbocycles. The standard InChI is InChI=1S/C11H15F3N4/c1-2-3-4-5-6-7-18-10(11(12,13)14)9(8-15)16-17-18/h2-7H2,1H3. The molecule has 1 aromatic rings. The van der Waals surface area contributed by atoms with Gasteiger partial charge in [0.05, 0.1) is 0 Å². The summed E-state index contributed by atoms with van der Waals surface area (Å²) in [5.41, 5.74) is -1.70. The van der Waals surface area contributed by atoms with Crippen molar-refractivity contribution in [1.29, 1.82) is 5.26 Å². The third-order valence-electron chi connectivity index (χ3n) is 2.58. The Balaban J connectivity index is 2.66. The lowest BCUT2D eigenvalue weighted by Gasteiger charge is -2.09. The summed E-state index contributed by atoms with van der Waals surface area (Å²) in [5.74, 6) is 0. The summed E-state index contributed by atoms with van der Waals surface area (Å²) in [7, 11) is 0. The molecule has 0 aliphatic carbocycles. The normalized spacial score (nSPS) is 11.5. The van der Waals surface area contributed by atoms with Crippen LogP contribution in [0.1, 0.15) is 50.4 Å². The van der Waals surface area contributed by atoms with Crippen LogP contribution in [0.2, 0.25) is 0 Å². The van der Waals surface area contributed by atoms with E-state index in [1.807, 2.05) is 0 Å². The van der Waals surface area contributed by atoms with Gasteiger partial charge in [-0.15, -0.1) is 5.10 Å². The minimum Gasteiger partial charge on any atom is -0.239 e. The van der Waals surface area contributed by atoms with Gasteiger partial charge < -0.3 is 0 Å². The van der Waals surface area contributed by atoms with Crippen molar-refractivity contribution in [3.05, 3.63) is 11.4 Å². The summed E-state index contributed by atoms with van der Waals surface area (Å²) >= 11 is 0. The molecule has 7 heteroatoms. The fourth-order valence-corrected chi connectivity index (χ4v) is 1.69. The van der Waals surface area contributed by atoms with E-state index in [9.17, 15) is 13.2 Å². The van der Waals surface area contributed by atoms with Crippen molar-refractivity contribution in [2.75, 3.05) is 0 Å². The number of nitriles is 1. The second-order valence-corrected chi connectivity index (χ2v) is 4.03. The lowest BCUT2D eigenvalue weighted by molar-refractivity contribution is -0.144. The highest BCUT2D eigenvalue weighted by Crippen LogP contribution is 2.30. The van der Waals surface area contributed by atoms with Crippen LogP contribution < -0.4 is 0 Å². The minimum absolute atomic E-state index is 0.146. The average Bonchev–Trinajstić information content (AvgIpc) is 2.71. The first kappa shape index (κ1) is 14.5. The number of nitrogens with zero attached hydrogens (tertiary/aromatic N) is 4. The van der Waals surface area contributed by atoms with Crippen molar-refractivity contribution in [2.45, 2.75) is 51.7 Å². The first-order valence-electron chi connectivity index (χ1n) is 5.91. The average molecular weight is 260 g/mol. The minimum atomic E-state index is -4.59. The molecular formula is C11H15F3N4. The Hall–Kier alpha value is -1.58. The molecular weight excluding hydrogens is 245 g/mol. The van der Waals surface area contributed by atoms with Crippen molar-refractivity contribution >= 4 is 0 Å². The highest BCUT2D eigenvalue weighted by Gasteiger charge is 2.39. The number of hydrogen-bond donors (Lipinski definition) is 0. The molecule has 0 aliphatic rings. The molecule has 0 fully saturated rings. The summed E-state index contributed by atoms with van der Waals surface area (Å²) in [6.45, 7) is 2.21. The van der Waals surface area contributed by atoms with Gasteiger partial charge in [-0.1, -0.05) is 37.8 Å². The molecule has 0 atom stereocenters. The van der Waals surface area contributed by atoms with Crippen LogP contribution in [0.15, 0.2) is 0 Å². The molecule has 1 heterocycles. The highest BCUT2D eigenvalue weighted by molar-refractivity contribution is 5.26. The Kier molecular flexibility index (Phi) is 5.13. The number of rotatable bonds is 6. The van der Waals surface area contributed by atoms with E-state index in [1.165, 1.54) is 6.07 Å². The second kappa shape index (κ2) is 6.38. The van der Waals surface area contributed by atoms with Gasteiger partial charge in [-0.05, 0) is 6.42 Å². The van der Waals surface area contributed by atoms with Crippen LogP contribution in [0.3, 0.4) is 0 Å². The van der Waals surface area contributed by atoms with Gasteiger partial charge in [0, 0.05) is 6.54 Å². The monoisotopic (exact) mass is 260 g/mol. The van der Waals surface area contributed by atoms with Gasteiger partial charge >= 0.3 is 6.18 Å². The van der Waals surface area contributed by atoms with Crippen molar-refractivity contribution in [3.8, 4) is 6.07 Å². The van der Waals surface area contributed by atoms with Gasteiger partial charge in [0.25, 0.3) is 0 Å². The van der Waals surface area contributed by atoms with Crippen molar-refractivity contribution < 1.29 is 13.2 Å². The van der Waals surface area contributed by atoms with E-state index < -0.39 is 17.6 Å². The number of alkyl halides is 3. The third-order valence-corrected chi connectivity index (χ3v) is 2.58. The molecule has 1 aromatic heterocycles. The maximum Gasteiger partial charge on any atom is 0.436 e. The van der Waals surface area contributed by atoms with E-state index in [0.717, 1.165) is 30.4 Å². The number of aromatic nitrogens is 3. The molecule has 4 nitrogen and oxygen atoms in total. The Morgan fingerprint density at radius 3 is 2.44 bits per heavy atom. The van der Waals surface area contributed by atoms with Gasteiger partial charge in [0.15, 0.2) is 11.4 Å². The Morgan fingerprint density at radius 2 is 1.89 bits per heavy atom. The molecule has 0 bridgehead atoms. The predicted molar refractivity (Wildman–Crippen MR) is 58.5 cm³/mol. The van der Waals surface area contributed by atoms with Crippen LogP contribution in [0, 0.1) is 11.3 Å². The SMILES string of the molecule is CCCCCCCn1nnc(C#N)c1C(F)(F)F. The molecule has 0 aromatic carbocycles. The first-order valence-corrected chi connectivity index (χ1v) is 5.91. The van der Waals surface area contributed by atoms with E-state index in [-0.39, 0.29) is 6.54 Å². The zero-order valence-electron chi connectivity index (χ0n) is 10.2. The molecule has 0 amide bonds. The first-order chi connectivity index (χ1) is 8.50. The van der Waals surface area contributed by atoms with Crippen LogP contribution in [0.5, 0.6) is 0 Å². The van der Waals surface area contributed by atoms with Crippen molar-refractivity contribution in [3.63, 3.8) is 0 Å². The summed E-state index contributed by atoms with van der Waals surface area (Å²) < 4.78 is 38.9. The van der Waals surface area contributed by atoms with E-state index in [4.69, 9.17) is 5.26 Å². The maximum atomic E-state index is 12.7. The lowest BCUT2D eigenvalue weighted by Crippen LogP contribution is -2.16. The van der Waals surface area contributed by atoms with Gasteiger partial charge in [0.2, 0.25) is 0 Å². The fraction of sp³-hybridized carbons (Fsp3) is 0.727. The quantitative estimate of drug-likeness (QED) is 0.738. The van der Waals surface area contributed by atoms with E-state index in [0.29, 0.717) is 6.42 Å². The molecule has 0 unspecified atom stereocenters. The molecule has 0 saturated heterocycles. The van der Waals surface area contributed by atoms with Crippen LogP contribution in [-0.4, -0.2) is 15.0 Å². The number of aryl methyl sites for hydroxylation is 1. The van der Waals surface area contributed by atoms with Crippen molar-refractivity contribution in [2.24, 2.45) is 0 Å². The molecule has 1 rings (SSSR count). The van der Waals surface area contributed by atoms with E-state index in [1.54, 1.807) is 0 Å². The summed E-state index contributed by atoms with van der Waals surface area (Å²) in [6, 6.07) is 1.42. The third kappa shape index (κ3) is 3.72. The molecule has 100 valence electrons. The molecule has 0 N–H and O–H groups in total. The van der Waals surface area contributed by atoms with Crippen LogP contribution in [0.25, 0.3) is 0 Å². The lowest BCUT2D eigenvalue weighted by atomic mass is 10.1. The number of unbranched alkanes of at least 4 members (excludes halogenated alkanes) is 4. The fourth-order valence-electron chi connectivity index (χ4n) is 1.69. The van der Waals surface area contributed by atoms with Gasteiger partial charge in [-0.3, -0.25) is 0 Å². The second-order valence-electron chi connectivity index (χ2n) is 4.03. The molecule has 18 heavy (non-hydrogen) atoms. The topological polar surface area (TPSA) is 54.5 Å². The number of halogens is 3. The summed E-state index contributed by atoms with van der Waals surface area (Å²) in [4.78, 5) is 0. The largest absolute Gasteiger partial charge is 0.436 e. The molecule has 0 spiro atoms. The predicted octanol–water partition coefficient (Wildman–Crippen LogP) is 3.14. The Bertz CT molecular complexity index is 417. The van der Waals surface area contributed by atoms with Crippen LogP contribution >= 0.6 is 0 Å². The summed E-state index contributed by atoms with van der Waals surface area (Å²) in [6.07, 6.45) is 0.0302. The van der Waals surface area contributed by atoms with E-state index >= 15 is 0 Å². The van der Waals surface area contributed by atoms with Crippen molar-refractivity contribution in [1.82, 2.24) is 15.0 Å². The van der Waals surface area contributed by atoms with Gasteiger partial charge in [-0.25, -0.2) is 4.68 Å². The smallest absolute Gasteiger partial charge is 0.239 e. The highest BCUT2D eigenvalue weighted by atomic mass is 19.4. The van der Waals surface area contributed by atoms with Crippen LogP contribution in [-0.2, 0) is 12.7 Å². The van der Waals surface area contributed by atoms with Crippen LogP contribution in [0.4, 0.5) is 13.2 Å². The van der Waals surface area contributed by atoms with Gasteiger partial charge in [0.1, 0.15) is 6.07 Å². The summed E-state index contributed by atoms with van der Waals surface area (Å²) in [5, 5.41) is 15.2. The van der Waals surface area contributed by atoms with Gasteiger partial charge in [-0.2, -0.15) is 18.4 Å². The molecule has 0 radical (unpaired) electrons. The number of hydrogen-bond acceptors (Lipinski definition) is 3. The molecule has 0 aliphatic heterocycles. The van der Waals surface area contributed by atoms with E-state index in [2.05, 4.69) is 17.2 Å². The Labute approximate surface area is 103 Å². The zero-order chi connectivity index (χ0) is 13.6.